The molecule has 0 aliphatic rings. The summed E-state index contributed by atoms with van der Waals surface area (Å²) in [6.07, 6.45) is 1.45. The second kappa shape index (κ2) is 5.44. The lowest BCUT2D eigenvalue weighted by molar-refractivity contribution is 0.278. The Morgan fingerprint density at radius 3 is 2.90 bits per heavy atom. The first kappa shape index (κ1) is 12.8. The quantitative estimate of drug-likeness (QED) is 0.719. The summed E-state index contributed by atoms with van der Waals surface area (Å²) in [6.45, 7) is -0.114. The van der Waals surface area contributed by atoms with Gasteiger partial charge in [0.2, 0.25) is 0 Å². The molecular formula is C14H11N3O2S. The summed E-state index contributed by atoms with van der Waals surface area (Å²) >= 11 is 1.23. The van der Waals surface area contributed by atoms with E-state index in [0.29, 0.717) is 15.7 Å². The van der Waals surface area contributed by atoms with Crippen LogP contribution in [0.5, 0.6) is 0 Å². The van der Waals surface area contributed by atoms with Crippen molar-refractivity contribution in [1.29, 1.82) is 0 Å². The van der Waals surface area contributed by atoms with Gasteiger partial charge in [-0.2, -0.15) is 0 Å². The predicted molar refractivity (Wildman–Crippen MR) is 76.6 cm³/mol. The molecule has 0 spiro atoms. The molecule has 1 aromatic carbocycles. The van der Waals surface area contributed by atoms with E-state index in [1.165, 1.54) is 24.0 Å². The Morgan fingerprint density at radius 1 is 1.25 bits per heavy atom. The Bertz CT molecular complexity index is 817. The number of hydrogen-bond acceptors (Lipinski definition) is 5. The van der Waals surface area contributed by atoms with Crippen molar-refractivity contribution in [1.82, 2.24) is 15.0 Å². The summed E-state index contributed by atoms with van der Waals surface area (Å²) < 4.78 is 0. The van der Waals surface area contributed by atoms with Gasteiger partial charge in [0.15, 0.2) is 5.16 Å². The largest absolute Gasteiger partial charge is 0.392 e. The number of para-hydroxylation sites is 1. The fraction of sp³-hybridized carbons (Fsp3) is 0.0714. The summed E-state index contributed by atoms with van der Waals surface area (Å²) in [6, 6.07) is 10.9. The fourth-order valence-electron chi connectivity index (χ4n) is 1.84. The van der Waals surface area contributed by atoms with Crippen LogP contribution in [0.4, 0.5) is 0 Å². The minimum absolute atomic E-state index is 0.114. The molecular weight excluding hydrogens is 274 g/mol. The standard InChI is InChI=1S/C14H11N3O2S/c18-8-10-7-9-3-1-2-4-11(9)16-13(10)20-14-15-6-5-12(19)17-14/h1-7,18H,8H2,(H,15,17,19). The van der Waals surface area contributed by atoms with E-state index in [-0.39, 0.29) is 12.2 Å². The maximum atomic E-state index is 11.3. The third-order valence-electron chi connectivity index (χ3n) is 2.77. The molecule has 0 amide bonds. The Morgan fingerprint density at radius 2 is 2.10 bits per heavy atom. The molecule has 0 saturated carbocycles. The molecule has 0 fully saturated rings. The van der Waals surface area contributed by atoms with Gasteiger partial charge in [-0.25, -0.2) is 9.97 Å². The molecule has 0 aliphatic carbocycles. The van der Waals surface area contributed by atoms with Gasteiger partial charge in [-0.1, -0.05) is 18.2 Å². The monoisotopic (exact) mass is 285 g/mol. The number of H-pyrrole nitrogens is 1. The number of nitrogens with zero attached hydrogens (tertiary/aromatic N) is 2. The molecule has 0 aliphatic heterocycles. The van der Waals surface area contributed by atoms with Gasteiger partial charge in [0.25, 0.3) is 5.56 Å². The van der Waals surface area contributed by atoms with Gasteiger partial charge in [-0.3, -0.25) is 4.79 Å². The average Bonchev–Trinajstić information content (AvgIpc) is 2.46. The third kappa shape index (κ3) is 2.56. The van der Waals surface area contributed by atoms with Crippen LogP contribution in [0.2, 0.25) is 0 Å². The lowest BCUT2D eigenvalue weighted by atomic mass is 10.2. The summed E-state index contributed by atoms with van der Waals surface area (Å²) in [5.41, 5.74) is 1.33. The van der Waals surface area contributed by atoms with E-state index in [1.54, 1.807) is 0 Å². The first-order valence-corrected chi connectivity index (χ1v) is 6.80. The number of rotatable bonds is 3. The number of aliphatic hydroxyl groups is 1. The van der Waals surface area contributed by atoms with Crippen LogP contribution in [0.3, 0.4) is 0 Å². The van der Waals surface area contributed by atoms with Crippen LogP contribution in [-0.4, -0.2) is 20.1 Å². The number of fused-ring (bicyclic) bond motifs is 1. The van der Waals surface area contributed by atoms with Gasteiger partial charge in [0, 0.05) is 23.2 Å². The molecule has 0 bridgehead atoms. The van der Waals surface area contributed by atoms with E-state index in [0.717, 1.165) is 10.9 Å². The number of aliphatic hydroxyl groups excluding tert-OH is 1. The topological polar surface area (TPSA) is 78.9 Å². The molecule has 0 atom stereocenters. The van der Waals surface area contributed by atoms with Crippen LogP contribution in [0.25, 0.3) is 10.9 Å². The average molecular weight is 285 g/mol. The second-order valence-electron chi connectivity index (χ2n) is 4.14. The highest BCUT2D eigenvalue weighted by Crippen LogP contribution is 2.28. The zero-order valence-electron chi connectivity index (χ0n) is 10.4. The highest BCUT2D eigenvalue weighted by atomic mass is 32.2. The molecule has 6 heteroatoms. The molecule has 0 unspecified atom stereocenters. The van der Waals surface area contributed by atoms with Gasteiger partial charge in [0.05, 0.1) is 12.1 Å². The molecule has 2 heterocycles. The Balaban J connectivity index is 2.07. The lowest BCUT2D eigenvalue weighted by Gasteiger charge is -2.07. The maximum Gasteiger partial charge on any atom is 0.251 e. The van der Waals surface area contributed by atoms with Crippen LogP contribution >= 0.6 is 11.8 Å². The lowest BCUT2D eigenvalue weighted by Crippen LogP contribution is -2.05. The van der Waals surface area contributed by atoms with Crippen molar-refractivity contribution in [2.45, 2.75) is 16.8 Å². The van der Waals surface area contributed by atoms with Crippen LogP contribution < -0.4 is 5.56 Å². The van der Waals surface area contributed by atoms with Crippen molar-refractivity contribution in [3.05, 3.63) is 58.5 Å². The van der Waals surface area contributed by atoms with E-state index >= 15 is 0 Å². The first-order valence-electron chi connectivity index (χ1n) is 5.99. The van der Waals surface area contributed by atoms with Gasteiger partial charge < -0.3 is 10.1 Å². The summed E-state index contributed by atoms with van der Waals surface area (Å²) in [5, 5.41) is 11.5. The molecule has 5 nitrogen and oxygen atoms in total. The van der Waals surface area contributed by atoms with Crippen molar-refractivity contribution in [3.63, 3.8) is 0 Å². The molecule has 3 rings (SSSR count). The van der Waals surface area contributed by atoms with Gasteiger partial charge >= 0.3 is 0 Å². The predicted octanol–water partition coefficient (Wildman–Crippen LogP) is 1.96. The zero-order valence-corrected chi connectivity index (χ0v) is 11.2. The normalized spacial score (nSPS) is 10.8. The zero-order chi connectivity index (χ0) is 13.9. The fourth-order valence-corrected chi connectivity index (χ4v) is 2.69. The Kier molecular flexibility index (Phi) is 3.49. The molecule has 3 aromatic rings. The van der Waals surface area contributed by atoms with Crippen molar-refractivity contribution in [2.24, 2.45) is 0 Å². The second-order valence-corrected chi connectivity index (χ2v) is 5.12. The van der Waals surface area contributed by atoms with E-state index in [1.807, 2.05) is 30.3 Å². The number of hydrogen-bond donors (Lipinski definition) is 2. The van der Waals surface area contributed by atoms with E-state index < -0.39 is 0 Å². The number of aromatic nitrogens is 3. The van der Waals surface area contributed by atoms with Gasteiger partial charge in [-0.05, 0) is 23.9 Å². The number of nitrogens with one attached hydrogen (secondary N) is 1. The highest BCUT2D eigenvalue weighted by molar-refractivity contribution is 7.99. The SMILES string of the molecule is O=c1ccnc(Sc2nc3ccccc3cc2CO)[nH]1. The molecule has 100 valence electrons. The third-order valence-corrected chi connectivity index (χ3v) is 3.72. The minimum atomic E-state index is -0.214. The van der Waals surface area contributed by atoms with Gasteiger partial charge in [-0.15, -0.1) is 0 Å². The number of aromatic amines is 1. The summed E-state index contributed by atoms with van der Waals surface area (Å²) in [4.78, 5) is 22.5. The Hall–Kier alpha value is -2.18. The van der Waals surface area contributed by atoms with Crippen molar-refractivity contribution < 1.29 is 5.11 Å². The molecule has 2 aromatic heterocycles. The van der Waals surface area contributed by atoms with E-state index in [9.17, 15) is 9.90 Å². The van der Waals surface area contributed by atoms with Crippen LogP contribution in [0.15, 0.2) is 57.6 Å². The number of benzene rings is 1. The van der Waals surface area contributed by atoms with Gasteiger partial charge in [0.1, 0.15) is 5.03 Å². The molecule has 20 heavy (non-hydrogen) atoms. The first-order chi connectivity index (χ1) is 9.76. The molecule has 2 N–H and O–H groups in total. The summed E-state index contributed by atoms with van der Waals surface area (Å²) in [7, 11) is 0. The van der Waals surface area contributed by atoms with E-state index in [4.69, 9.17) is 0 Å². The minimum Gasteiger partial charge on any atom is -0.392 e. The van der Waals surface area contributed by atoms with Crippen LogP contribution in [0, 0.1) is 0 Å². The highest BCUT2D eigenvalue weighted by Gasteiger charge is 2.09. The smallest absolute Gasteiger partial charge is 0.251 e. The Labute approximate surface area is 118 Å². The molecule has 0 radical (unpaired) electrons. The van der Waals surface area contributed by atoms with Crippen LogP contribution in [-0.2, 0) is 6.61 Å². The molecule has 0 saturated heterocycles. The van der Waals surface area contributed by atoms with Crippen molar-refractivity contribution in [3.8, 4) is 0 Å². The summed E-state index contributed by atoms with van der Waals surface area (Å²) in [5.74, 6) is 0. The van der Waals surface area contributed by atoms with Crippen LogP contribution in [0.1, 0.15) is 5.56 Å². The van der Waals surface area contributed by atoms with Crippen molar-refractivity contribution in [2.75, 3.05) is 0 Å². The number of pyridine rings is 1. The van der Waals surface area contributed by atoms with Crippen molar-refractivity contribution >= 4 is 22.7 Å². The van der Waals surface area contributed by atoms with E-state index in [2.05, 4.69) is 15.0 Å². The maximum absolute atomic E-state index is 11.3.